The number of benzene rings is 4. The van der Waals surface area contributed by atoms with Crippen molar-refractivity contribution in [2.24, 2.45) is 0 Å². The second kappa shape index (κ2) is 27.0. The Morgan fingerprint density at radius 1 is 0.493 bits per heavy atom. The fourth-order valence-electron chi connectivity index (χ4n) is 8.98. The molecule has 1 aliphatic rings. The van der Waals surface area contributed by atoms with Crippen LogP contribution in [0.3, 0.4) is 0 Å². The zero-order chi connectivity index (χ0) is 49.9. The smallest absolute Gasteiger partial charge is 0.342 e. The molecule has 0 saturated heterocycles. The molecule has 0 heterocycles. The fourth-order valence-corrected chi connectivity index (χ4v) is 8.98. The molecule has 0 aromatic heterocycles. The Morgan fingerprint density at radius 3 is 1.39 bits per heavy atom. The van der Waals surface area contributed by atoms with Gasteiger partial charge in [-0.25, -0.2) is 9.59 Å². The monoisotopic (exact) mass is 955 g/mol. The Morgan fingerprint density at radius 2 is 0.928 bits per heavy atom. The third kappa shape index (κ3) is 12.9. The molecular weight excluding hydrogens is 877 g/mol. The van der Waals surface area contributed by atoms with Crippen molar-refractivity contribution in [3.8, 4) is 22.6 Å². The third-order valence-electron chi connectivity index (χ3n) is 13.9. The van der Waals surface area contributed by atoms with Crippen molar-refractivity contribution in [3.05, 3.63) is 117 Å². The Hall–Kier alpha value is -4.82. The number of methoxy groups -OCH3 is 1. The first kappa shape index (κ1) is 55.1. The normalized spacial score (nSPS) is 13.0. The van der Waals surface area contributed by atoms with Crippen molar-refractivity contribution in [2.75, 3.05) is 93.0 Å². The molecule has 1 aliphatic carbocycles. The standard InChI is InChI=1S/C57H78O12/c1-11-26-61-29-30-64-34-36-68-69-52-25-21-44(38-48(52)54(59)66-17-7)57(43-20-24-51(47(37-43)53(58)65-16-6)67-35-33-63-32-31-62-28-27-60-10)49-39-41(55(8,12-2)13-3)18-22-45(49)46-23-19-42(40-50(46)57)56(9,14-4)15-5/h18-25,37-40H,11-17,26-36H2,1-10H3. The summed E-state index contributed by atoms with van der Waals surface area (Å²) in [4.78, 5) is 39.9. The molecule has 0 N–H and O–H groups in total. The van der Waals surface area contributed by atoms with Crippen molar-refractivity contribution in [1.29, 1.82) is 0 Å². The second-order valence-electron chi connectivity index (χ2n) is 17.9. The number of fused-ring (bicyclic) bond motifs is 3. The molecular formula is C57H78O12. The Labute approximate surface area is 411 Å². The van der Waals surface area contributed by atoms with E-state index in [-0.39, 0.29) is 67.3 Å². The third-order valence-corrected chi connectivity index (χ3v) is 13.9. The first-order chi connectivity index (χ1) is 33.5. The van der Waals surface area contributed by atoms with E-state index in [4.69, 9.17) is 47.7 Å². The number of hydrogen-bond acceptors (Lipinski definition) is 12. The van der Waals surface area contributed by atoms with Gasteiger partial charge in [-0.1, -0.05) is 97.0 Å². The van der Waals surface area contributed by atoms with Crippen LogP contribution in [0, 0.1) is 0 Å². The van der Waals surface area contributed by atoms with Gasteiger partial charge in [-0.05, 0) is 126 Å². The van der Waals surface area contributed by atoms with Gasteiger partial charge in [0.05, 0.1) is 71.5 Å². The molecule has 0 unspecified atom stereocenters. The van der Waals surface area contributed by atoms with Crippen LogP contribution in [-0.4, -0.2) is 105 Å². The number of rotatable bonds is 32. The van der Waals surface area contributed by atoms with Gasteiger partial charge in [0.15, 0.2) is 5.75 Å². The summed E-state index contributed by atoms with van der Waals surface area (Å²) in [6.07, 6.45) is 4.65. The highest BCUT2D eigenvalue weighted by atomic mass is 17.2. The van der Waals surface area contributed by atoms with Crippen LogP contribution in [0.25, 0.3) is 11.1 Å². The summed E-state index contributed by atoms with van der Waals surface area (Å²) < 4.78 is 45.3. The molecule has 5 rings (SSSR count). The first-order valence-corrected chi connectivity index (χ1v) is 25.1. The molecule has 4 aromatic rings. The number of ether oxygens (including phenoxy) is 8. The van der Waals surface area contributed by atoms with E-state index < -0.39 is 17.4 Å². The highest BCUT2D eigenvalue weighted by Gasteiger charge is 2.48. The van der Waals surface area contributed by atoms with E-state index in [0.29, 0.717) is 52.0 Å². The molecule has 0 bridgehead atoms. The minimum absolute atomic E-state index is 0.121. The maximum atomic E-state index is 14.2. The summed E-state index contributed by atoms with van der Waals surface area (Å²) in [7, 11) is 1.63. The lowest BCUT2D eigenvalue weighted by Crippen LogP contribution is -2.31. The van der Waals surface area contributed by atoms with Crippen LogP contribution in [0.4, 0.5) is 0 Å². The number of hydrogen-bond donors (Lipinski definition) is 0. The van der Waals surface area contributed by atoms with Crippen LogP contribution in [-0.2, 0) is 54.3 Å². The maximum absolute atomic E-state index is 14.2. The highest BCUT2D eigenvalue weighted by Crippen LogP contribution is 2.58. The lowest BCUT2D eigenvalue weighted by atomic mass is 9.65. The molecule has 0 saturated carbocycles. The lowest BCUT2D eigenvalue weighted by molar-refractivity contribution is -0.215. The van der Waals surface area contributed by atoms with Crippen LogP contribution >= 0.6 is 0 Å². The average molecular weight is 955 g/mol. The van der Waals surface area contributed by atoms with Crippen molar-refractivity contribution in [3.63, 3.8) is 0 Å². The van der Waals surface area contributed by atoms with Gasteiger partial charge in [0.2, 0.25) is 0 Å². The van der Waals surface area contributed by atoms with Gasteiger partial charge in [0.25, 0.3) is 0 Å². The predicted octanol–water partition coefficient (Wildman–Crippen LogP) is 11.4. The first-order valence-electron chi connectivity index (χ1n) is 25.1. The molecule has 69 heavy (non-hydrogen) atoms. The minimum Gasteiger partial charge on any atom is -0.490 e. The van der Waals surface area contributed by atoms with E-state index in [1.165, 1.54) is 11.1 Å². The molecule has 0 spiro atoms. The van der Waals surface area contributed by atoms with Crippen LogP contribution in [0.1, 0.15) is 149 Å². The second-order valence-corrected chi connectivity index (χ2v) is 17.9. The number of carbonyl (C=O) groups excluding carboxylic acids is 2. The topological polar surface area (TPSA) is 126 Å². The van der Waals surface area contributed by atoms with Crippen LogP contribution in [0.15, 0.2) is 72.8 Å². The van der Waals surface area contributed by atoms with E-state index in [1.807, 2.05) is 30.3 Å². The van der Waals surface area contributed by atoms with Crippen molar-refractivity contribution in [1.82, 2.24) is 0 Å². The molecule has 0 fully saturated rings. The highest BCUT2D eigenvalue weighted by molar-refractivity contribution is 5.96. The zero-order valence-electron chi connectivity index (χ0n) is 43.1. The van der Waals surface area contributed by atoms with Crippen LogP contribution in [0.2, 0.25) is 0 Å². The summed E-state index contributed by atoms with van der Waals surface area (Å²) in [5.74, 6) is -0.508. The van der Waals surface area contributed by atoms with Crippen molar-refractivity contribution < 1.29 is 57.3 Å². The fraction of sp³-hybridized carbons (Fsp3) is 0.544. The Bertz CT molecular complexity index is 2090. The summed E-state index contributed by atoms with van der Waals surface area (Å²) in [5.41, 5.74) is 7.26. The van der Waals surface area contributed by atoms with Gasteiger partial charge in [0, 0.05) is 13.7 Å². The summed E-state index contributed by atoms with van der Waals surface area (Å²) in [6.45, 7) is 23.8. The average Bonchev–Trinajstić information content (AvgIpc) is 3.67. The number of carbonyl (C=O) groups is 2. The largest absolute Gasteiger partial charge is 0.490 e. The van der Waals surface area contributed by atoms with Gasteiger partial charge in [0.1, 0.15) is 30.1 Å². The van der Waals surface area contributed by atoms with E-state index in [0.717, 1.165) is 65.5 Å². The molecule has 4 aromatic carbocycles. The molecule has 378 valence electrons. The van der Waals surface area contributed by atoms with E-state index >= 15 is 0 Å². The van der Waals surface area contributed by atoms with Crippen LogP contribution < -0.4 is 9.62 Å². The summed E-state index contributed by atoms with van der Waals surface area (Å²) in [6, 6.07) is 25.1. The molecule has 0 amide bonds. The molecule has 0 radical (unpaired) electrons. The summed E-state index contributed by atoms with van der Waals surface area (Å²) in [5, 5.41) is 0. The number of esters is 2. The zero-order valence-corrected chi connectivity index (χ0v) is 43.1. The van der Waals surface area contributed by atoms with Crippen LogP contribution in [0.5, 0.6) is 11.5 Å². The Balaban J connectivity index is 1.75. The van der Waals surface area contributed by atoms with Crippen molar-refractivity contribution in [2.45, 2.75) is 111 Å². The summed E-state index contributed by atoms with van der Waals surface area (Å²) >= 11 is 0. The van der Waals surface area contributed by atoms with Gasteiger partial charge in [-0.3, -0.25) is 0 Å². The van der Waals surface area contributed by atoms with E-state index in [1.54, 1.807) is 27.0 Å². The van der Waals surface area contributed by atoms with Gasteiger partial charge in [-0.2, -0.15) is 4.89 Å². The molecule has 0 aliphatic heterocycles. The van der Waals surface area contributed by atoms with Gasteiger partial charge < -0.3 is 42.8 Å². The predicted molar refractivity (Wildman–Crippen MR) is 269 cm³/mol. The van der Waals surface area contributed by atoms with Crippen molar-refractivity contribution >= 4 is 11.9 Å². The lowest BCUT2D eigenvalue weighted by Gasteiger charge is -2.37. The minimum atomic E-state index is -1.08. The maximum Gasteiger partial charge on any atom is 0.342 e. The van der Waals surface area contributed by atoms with E-state index in [2.05, 4.69) is 84.9 Å². The quantitative estimate of drug-likeness (QED) is 0.0176. The Kier molecular flexibility index (Phi) is 21.5. The SMILES string of the molecule is CCCOCCOCCOOc1ccc(C2(c3ccc(OCCOCCOCCOC)c(C(=O)OCC)c3)c3cc(C(C)(CC)CC)ccc3-c3ccc(C(C)(CC)CC)cc32)cc1C(=O)OCC. The molecule has 12 heteroatoms. The van der Waals surface area contributed by atoms with E-state index in [9.17, 15) is 9.59 Å². The van der Waals surface area contributed by atoms with Gasteiger partial charge in [-0.15, -0.1) is 0 Å². The molecule has 0 atom stereocenters. The van der Waals surface area contributed by atoms with Gasteiger partial charge >= 0.3 is 11.9 Å². The molecule has 12 nitrogen and oxygen atoms in total.